The zero-order chi connectivity index (χ0) is 24.3. The van der Waals surface area contributed by atoms with E-state index in [1.54, 1.807) is 19.2 Å². The molecular weight excluding hydrogens is 434 g/mol. The fraction of sp³-hybridized carbons (Fsp3) is 0.231. The van der Waals surface area contributed by atoms with Gasteiger partial charge in [-0.25, -0.2) is 9.59 Å². The molecule has 0 aliphatic heterocycles. The molecule has 0 saturated heterocycles. The maximum Gasteiger partial charge on any atom is 0.337 e. The molecule has 0 fully saturated rings. The molecule has 0 spiro atoms. The third-order valence-electron chi connectivity index (χ3n) is 5.30. The summed E-state index contributed by atoms with van der Waals surface area (Å²) in [5.41, 5.74) is 2.11. The Morgan fingerprint density at radius 1 is 0.941 bits per heavy atom. The lowest BCUT2D eigenvalue weighted by Crippen LogP contribution is -2.50. The topological polar surface area (TPSA) is 120 Å². The van der Waals surface area contributed by atoms with E-state index in [0.717, 1.165) is 16.9 Å². The number of hydrogen-bond acceptors (Lipinski definition) is 5. The summed E-state index contributed by atoms with van der Waals surface area (Å²) in [5, 5.41) is 28.8. The van der Waals surface area contributed by atoms with Crippen LogP contribution in [0.3, 0.4) is 0 Å². The Morgan fingerprint density at radius 2 is 1.65 bits per heavy atom. The van der Waals surface area contributed by atoms with Gasteiger partial charge in [-0.1, -0.05) is 54.6 Å². The quantitative estimate of drug-likeness (QED) is 0.298. The molecule has 3 aromatic carbocycles. The first-order valence-corrected chi connectivity index (χ1v) is 10.9. The third-order valence-corrected chi connectivity index (χ3v) is 5.30. The van der Waals surface area contributed by atoms with E-state index < -0.39 is 24.1 Å². The van der Waals surface area contributed by atoms with Gasteiger partial charge >= 0.3 is 12.0 Å². The van der Waals surface area contributed by atoms with Crippen molar-refractivity contribution in [2.75, 3.05) is 19.0 Å². The van der Waals surface area contributed by atoms with Gasteiger partial charge in [0, 0.05) is 13.1 Å². The Balaban J connectivity index is 1.65. The van der Waals surface area contributed by atoms with Crippen LogP contribution in [0.2, 0.25) is 0 Å². The number of aromatic carboxylic acids is 1. The number of ether oxygens (including phenoxy) is 1. The maximum absolute atomic E-state index is 12.7. The Kier molecular flexibility index (Phi) is 9.02. The van der Waals surface area contributed by atoms with Crippen LogP contribution in [0.15, 0.2) is 78.9 Å². The first kappa shape index (κ1) is 24.8. The van der Waals surface area contributed by atoms with Gasteiger partial charge in [0.1, 0.15) is 5.75 Å². The van der Waals surface area contributed by atoms with Crippen LogP contribution in [-0.2, 0) is 13.0 Å². The van der Waals surface area contributed by atoms with E-state index >= 15 is 0 Å². The van der Waals surface area contributed by atoms with Crippen LogP contribution in [-0.4, -0.2) is 48.0 Å². The monoisotopic (exact) mass is 463 g/mol. The Morgan fingerprint density at radius 3 is 2.38 bits per heavy atom. The number of urea groups is 1. The molecule has 0 radical (unpaired) electrons. The smallest absolute Gasteiger partial charge is 0.337 e. The summed E-state index contributed by atoms with van der Waals surface area (Å²) in [4.78, 5) is 24.1. The van der Waals surface area contributed by atoms with Gasteiger partial charge in [0.15, 0.2) is 0 Å². The number of nitrogens with one attached hydrogen (secondary N) is 3. The first-order valence-electron chi connectivity index (χ1n) is 10.9. The number of amides is 2. The van der Waals surface area contributed by atoms with Gasteiger partial charge in [0.05, 0.1) is 30.5 Å². The maximum atomic E-state index is 12.7. The van der Waals surface area contributed by atoms with Crippen molar-refractivity contribution < 1.29 is 24.5 Å². The molecule has 3 rings (SSSR count). The summed E-state index contributed by atoms with van der Waals surface area (Å²) < 4.78 is 5.23. The molecule has 178 valence electrons. The Labute approximate surface area is 198 Å². The highest BCUT2D eigenvalue weighted by Gasteiger charge is 2.22. The zero-order valence-corrected chi connectivity index (χ0v) is 18.9. The van der Waals surface area contributed by atoms with Crippen molar-refractivity contribution in [2.45, 2.75) is 25.1 Å². The number of carbonyl (C=O) groups is 2. The van der Waals surface area contributed by atoms with Crippen LogP contribution in [0.4, 0.5) is 10.5 Å². The van der Waals surface area contributed by atoms with Gasteiger partial charge in [-0.15, -0.1) is 0 Å². The normalized spacial score (nSPS) is 12.4. The molecule has 2 atom stereocenters. The summed E-state index contributed by atoms with van der Waals surface area (Å²) in [5.74, 6) is -0.389. The molecule has 2 amide bonds. The number of carboxylic acids is 1. The highest BCUT2D eigenvalue weighted by molar-refractivity contribution is 6.00. The molecule has 3 aromatic rings. The van der Waals surface area contributed by atoms with Crippen molar-refractivity contribution in [1.29, 1.82) is 0 Å². The number of anilines is 1. The molecule has 0 aliphatic carbocycles. The molecule has 0 saturated carbocycles. The standard InChI is InChI=1S/C26H29N3O5/c1-34-20-11-7-10-19(14-20)16-27-17-24(30)23(15-18-8-3-2-4-9-18)29-26(33)28-22-13-6-5-12-21(22)25(31)32/h2-14,23-24,27,30H,15-17H2,1H3,(H,31,32)(H2,28,29,33)/t23-,24+/m0/s1. The highest BCUT2D eigenvalue weighted by atomic mass is 16.5. The molecule has 0 heterocycles. The Hall–Kier alpha value is -3.88. The van der Waals surface area contributed by atoms with Crippen molar-refractivity contribution in [3.63, 3.8) is 0 Å². The second-order valence-electron chi connectivity index (χ2n) is 7.80. The van der Waals surface area contributed by atoms with Crippen molar-refractivity contribution in [3.8, 4) is 5.75 Å². The van der Waals surface area contributed by atoms with E-state index in [9.17, 15) is 19.8 Å². The van der Waals surface area contributed by atoms with Crippen LogP contribution in [0.5, 0.6) is 5.75 Å². The molecule has 0 unspecified atom stereocenters. The number of carboxylic acid groups (broad SMARTS) is 1. The Bertz CT molecular complexity index is 1090. The molecule has 34 heavy (non-hydrogen) atoms. The summed E-state index contributed by atoms with van der Waals surface area (Å²) in [6.07, 6.45) is -0.497. The number of methoxy groups -OCH3 is 1. The highest BCUT2D eigenvalue weighted by Crippen LogP contribution is 2.15. The largest absolute Gasteiger partial charge is 0.497 e. The summed E-state index contributed by atoms with van der Waals surface area (Å²) in [6.45, 7) is 0.755. The van der Waals surface area contributed by atoms with E-state index in [0.29, 0.717) is 13.0 Å². The fourth-order valence-corrected chi connectivity index (χ4v) is 3.55. The second-order valence-corrected chi connectivity index (χ2v) is 7.80. The van der Waals surface area contributed by atoms with E-state index in [4.69, 9.17) is 4.74 Å². The number of rotatable bonds is 11. The van der Waals surface area contributed by atoms with E-state index in [1.807, 2.05) is 54.6 Å². The van der Waals surface area contributed by atoms with Gasteiger partial charge in [-0.2, -0.15) is 0 Å². The van der Waals surface area contributed by atoms with Crippen LogP contribution in [0.25, 0.3) is 0 Å². The van der Waals surface area contributed by atoms with Crippen LogP contribution >= 0.6 is 0 Å². The molecule has 8 nitrogen and oxygen atoms in total. The van der Waals surface area contributed by atoms with Crippen molar-refractivity contribution in [3.05, 3.63) is 95.6 Å². The molecular formula is C26H29N3O5. The minimum absolute atomic E-state index is 0.0160. The number of para-hydroxylation sites is 1. The lowest BCUT2D eigenvalue weighted by Gasteiger charge is -2.25. The van der Waals surface area contributed by atoms with Gasteiger partial charge in [-0.3, -0.25) is 0 Å². The van der Waals surface area contributed by atoms with Gasteiger partial charge in [-0.05, 0) is 41.8 Å². The van der Waals surface area contributed by atoms with Crippen molar-refractivity contribution in [2.24, 2.45) is 0 Å². The minimum atomic E-state index is -1.14. The van der Waals surface area contributed by atoms with Crippen LogP contribution in [0.1, 0.15) is 21.5 Å². The second kappa shape index (κ2) is 12.4. The SMILES string of the molecule is COc1cccc(CNC[C@@H](O)[C@H](Cc2ccccc2)NC(=O)Nc2ccccc2C(=O)O)c1. The molecule has 8 heteroatoms. The lowest BCUT2D eigenvalue weighted by atomic mass is 10.0. The number of benzene rings is 3. The average molecular weight is 464 g/mol. The lowest BCUT2D eigenvalue weighted by molar-refractivity contribution is 0.0698. The van der Waals surface area contributed by atoms with Crippen LogP contribution in [0, 0.1) is 0 Å². The number of aliphatic hydroxyl groups is 1. The van der Waals surface area contributed by atoms with E-state index in [-0.39, 0.29) is 17.8 Å². The van der Waals surface area contributed by atoms with Gasteiger partial charge < -0.3 is 30.9 Å². The molecule has 5 N–H and O–H groups in total. The van der Waals surface area contributed by atoms with Crippen LogP contribution < -0.4 is 20.7 Å². The number of aliphatic hydroxyl groups excluding tert-OH is 1. The molecule has 0 aromatic heterocycles. The fourth-order valence-electron chi connectivity index (χ4n) is 3.55. The predicted molar refractivity (Wildman–Crippen MR) is 130 cm³/mol. The summed E-state index contributed by atoms with van der Waals surface area (Å²) in [6, 6.07) is 22.1. The minimum Gasteiger partial charge on any atom is -0.497 e. The van der Waals surface area contributed by atoms with E-state index in [2.05, 4.69) is 16.0 Å². The molecule has 0 aliphatic rings. The predicted octanol–water partition coefficient (Wildman–Crippen LogP) is 3.28. The van der Waals surface area contributed by atoms with Gasteiger partial charge in [0.25, 0.3) is 0 Å². The molecule has 0 bridgehead atoms. The van der Waals surface area contributed by atoms with Crippen molar-refractivity contribution in [1.82, 2.24) is 10.6 Å². The first-order chi connectivity index (χ1) is 16.5. The third kappa shape index (κ3) is 7.33. The summed E-state index contributed by atoms with van der Waals surface area (Å²) in [7, 11) is 1.61. The summed E-state index contributed by atoms with van der Waals surface area (Å²) >= 11 is 0. The number of hydrogen-bond donors (Lipinski definition) is 5. The number of carbonyl (C=O) groups excluding carboxylic acids is 1. The van der Waals surface area contributed by atoms with E-state index in [1.165, 1.54) is 12.1 Å². The zero-order valence-electron chi connectivity index (χ0n) is 18.9. The average Bonchev–Trinajstić information content (AvgIpc) is 2.84. The van der Waals surface area contributed by atoms with Gasteiger partial charge in [0.2, 0.25) is 0 Å². The van der Waals surface area contributed by atoms with Crippen molar-refractivity contribution >= 4 is 17.7 Å².